The van der Waals surface area contributed by atoms with Crippen molar-refractivity contribution in [2.75, 3.05) is 4.72 Å². The summed E-state index contributed by atoms with van der Waals surface area (Å²) in [6, 6.07) is 1.87. The molecule has 0 atom stereocenters. The van der Waals surface area contributed by atoms with Crippen LogP contribution < -0.4 is 4.72 Å². The lowest BCUT2D eigenvalue weighted by Gasteiger charge is -2.11. The highest BCUT2D eigenvalue weighted by atomic mass is 35.5. The standard InChI is InChI=1S/C10H5Cl3FN3O2S/c11-7-1-5(14)2-8(12)9(7)17-20(18,19)6-3-15-10(13)16-4-6/h1-4,17H. The molecule has 2 aromatic rings. The highest BCUT2D eigenvalue weighted by Gasteiger charge is 2.19. The normalized spacial score (nSPS) is 11.4. The van der Waals surface area contributed by atoms with Crippen LogP contribution in [-0.2, 0) is 10.0 Å². The Morgan fingerprint density at radius 2 is 1.55 bits per heavy atom. The van der Waals surface area contributed by atoms with Crippen molar-refractivity contribution in [2.24, 2.45) is 0 Å². The van der Waals surface area contributed by atoms with Gasteiger partial charge in [0.25, 0.3) is 10.0 Å². The third-order valence-electron chi connectivity index (χ3n) is 2.15. The summed E-state index contributed by atoms with van der Waals surface area (Å²) >= 11 is 17.0. The zero-order valence-corrected chi connectivity index (χ0v) is 12.5. The highest BCUT2D eigenvalue weighted by molar-refractivity contribution is 7.92. The molecular formula is C10H5Cl3FN3O2S. The number of nitrogens with one attached hydrogen (secondary N) is 1. The minimum absolute atomic E-state index is 0.0956. The quantitative estimate of drug-likeness (QED) is 0.856. The Balaban J connectivity index is 2.41. The summed E-state index contributed by atoms with van der Waals surface area (Å²) < 4.78 is 39.3. The summed E-state index contributed by atoms with van der Waals surface area (Å²) in [4.78, 5) is 6.87. The Morgan fingerprint density at radius 3 is 2.05 bits per heavy atom. The molecule has 0 aliphatic heterocycles. The van der Waals surface area contributed by atoms with Crippen molar-refractivity contribution >= 4 is 50.5 Å². The van der Waals surface area contributed by atoms with Crippen LogP contribution in [0.25, 0.3) is 0 Å². The molecule has 1 aromatic heterocycles. The van der Waals surface area contributed by atoms with E-state index in [-0.39, 0.29) is 25.9 Å². The molecule has 0 radical (unpaired) electrons. The van der Waals surface area contributed by atoms with Gasteiger partial charge in [-0.15, -0.1) is 0 Å². The van der Waals surface area contributed by atoms with Crippen LogP contribution in [0.2, 0.25) is 15.3 Å². The molecule has 20 heavy (non-hydrogen) atoms. The van der Waals surface area contributed by atoms with Gasteiger partial charge in [0.2, 0.25) is 5.28 Å². The first-order valence-electron chi connectivity index (χ1n) is 4.94. The molecule has 5 nitrogen and oxygen atoms in total. The number of rotatable bonds is 3. The summed E-state index contributed by atoms with van der Waals surface area (Å²) in [5.74, 6) is -0.683. The van der Waals surface area contributed by atoms with Gasteiger partial charge in [0.1, 0.15) is 10.7 Å². The maximum Gasteiger partial charge on any atom is 0.265 e. The van der Waals surface area contributed by atoms with E-state index in [1.807, 2.05) is 0 Å². The molecule has 1 aromatic carbocycles. The van der Waals surface area contributed by atoms with Crippen LogP contribution in [0.15, 0.2) is 29.4 Å². The van der Waals surface area contributed by atoms with Gasteiger partial charge in [-0.2, -0.15) is 0 Å². The molecule has 10 heteroatoms. The zero-order valence-electron chi connectivity index (χ0n) is 9.44. The predicted molar refractivity (Wildman–Crippen MR) is 74.3 cm³/mol. The molecule has 1 N–H and O–H groups in total. The second kappa shape index (κ2) is 5.69. The number of halogens is 4. The molecule has 0 saturated heterocycles. The molecule has 0 saturated carbocycles. The van der Waals surface area contributed by atoms with Gasteiger partial charge in [-0.25, -0.2) is 22.8 Å². The number of aromatic nitrogens is 2. The lowest BCUT2D eigenvalue weighted by Crippen LogP contribution is -2.14. The molecule has 0 bridgehead atoms. The largest absolute Gasteiger partial charge is 0.276 e. The minimum Gasteiger partial charge on any atom is -0.276 e. The van der Waals surface area contributed by atoms with Gasteiger partial charge >= 0.3 is 0 Å². The van der Waals surface area contributed by atoms with E-state index >= 15 is 0 Å². The molecule has 0 amide bonds. The van der Waals surface area contributed by atoms with Crippen LogP contribution in [0.3, 0.4) is 0 Å². The van der Waals surface area contributed by atoms with Gasteiger partial charge in [-0.3, -0.25) is 4.72 Å². The Hall–Kier alpha value is -1.15. The van der Waals surface area contributed by atoms with E-state index in [1.165, 1.54) is 0 Å². The van der Waals surface area contributed by atoms with Gasteiger partial charge in [0.15, 0.2) is 0 Å². The summed E-state index contributed by atoms with van der Waals surface area (Å²) in [7, 11) is -4.01. The van der Waals surface area contributed by atoms with Crippen molar-refractivity contribution < 1.29 is 12.8 Å². The maximum atomic E-state index is 13.0. The van der Waals surface area contributed by atoms with E-state index in [1.54, 1.807) is 0 Å². The van der Waals surface area contributed by atoms with Crippen LogP contribution in [-0.4, -0.2) is 18.4 Å². The monoisotopic (exact) mass is 355 g/mol. The Bertz CT molecular complexity index is 730. The van der Waals surface area contributed by atoms with Crippen molar-refractivity contribution in [1.29, 1.82) is 0 Å². The number of hydrogen-bond acceptors (Lipinski definition) is 4. The summed E-state index contributed by atoms with van der Waals surface area (Å²) in [6.07, 6.45) is 2.03. The molecule has 1 heterocycles. The molecule has 106 valence electrons. The lowest BCUT2D eigenvalue weighted by atomic mass is 10.3. The number of nitrogens with zero attached hydrogens (tertiary/aromatic N) is 2. The van der Waals surface area contributed by atoms with E-state index in [4.69, 9.17) is 34.8 Å². The first kappa shape index (κ1) is 15.2. The van der Waals surface area contributed by atoms with Crippen molar-refractivity contribution in [1.82, 2.24) is 9.97 Å². The van der Waals surface area contributed by atoms with Gasteiger partial charge in [0.05, 0.1) is 28.1 Å². The third kappa shape index (κ3) is 3.29. The Kier molecular flexibility index (Phi) is 4.33. The Morgan fingerprint density at radius 1 is 1.05 bits per heavy atom. The molecule has 0 aliphatic rings. The van der Waals surface area contributed by atoms with Gasteiger partial charge < -0.3 is 0 Å². The topological polar surface area (TPSA) is 72.0 Å². The zero-order chi connectivity index (χ0) is 14.9. The summed E-state index contributed by atoms with van der Waals surface area (Å²) in [5, 5.41) is -0.441. The summed E-state index contributed by atoms with van der Waals surface area (Å²) in [6.45, 7) is 0. The van der Waals surface area contributed by atoms with Crippen molar-refractivity contribution in [3.63, 3.8) is 0 Å². The lowest BCUT2D eigenvalue weighted by molar-refractivity contribution is 0.600. The third-order valence-corrected chi connectivity index (χ3v) is 4.25. The number of benzene rings is 1. The van der Waals surface area contributed by atoms with Crippen LogP contribution in [0.4, 0.5) is 10.1 Å². The van der Waals surface area contributed by atoms with E-state index in [0.717, 1.165) is 24.5 Å². The number of sulfonamides is 1. The summed E-state index contributed by atoms with van der Waals surface area (Å²) in [5.41, 5.74) is -0.135. The second-order valence-corrected chi connectivity index (χ2v) is 6.37. The maximum absolute atomic E-state index is 13.0. The number of hydrogen-bond donors (Lipinski definition) is 1. The van der Waals surface area contributed by atoms with E-state index in [2.05, 4.69) is 14.7 Å². The molecular weight excluding hydrogens is 352 g/mol. The fourth-order valence-electron chi connectivity index (χ4n) is 1.27. The predicted octanol–water partition coefficient (Wildman–Crippen LogP) is 3.38. The second-order valence-electron chi connectivity index (χ2n) is 3.54. The number of anilines is 1. The smallest absolute Gasteiger partial charge is 0.265 e. The molecule has 0 unspecified atom stereocenters. The fraction of sp³-hybridized carbons (Fsp3) is 0. The first-order valence-corrected chi connectivity index (χ1v) is 7.56. The Labute approximate surface area is 128 Å². The average Bonchev–Trinajstić information content (AvgIpc) is 2.34. The SMILES string of the molecule is O=S(=O)(Nc1c(Cl)cc(F)cc1Cl)c1cnc(Cl)nc1. The first-order chi connectivity index (χ1) is 9.29. The van der Waals surface area contributed by atoms with Gasteiger partial charge in [-0.1, -0.05) is 23.2 Å². The minimum atomic E-state index is -4.01. The van der Waals surface area contributed by atoms with E-state index in [9.17, 15) is 12.8 Å². The van der Waals surface area contributed by atoms with Crippen LogP contribution in [0, 0.1) is 5.82 Å². The molecule has 0 fully saturated rings. The molecule has 2 rings (SSSR count). The van der Waals surface area contributed by atoms with Gasteiger partial charge in [-0.05, 0) is 23.7 Å². The van der Waals surface area contributed by atoms with Gasteiger partial charge in [0, 0.05) is 0 Å². The van der Waals surface area contributed by atoms with Crippen LogP contribution in [0.5, 0.6) is 0 Å². The molecule has 0 spiro atoms. The van der Waals surface area contributed by atoms with Crippen LogP contribution in [0.1, 0.15) is 0 Å². The van der Waals surface area contributed by atoms with Crippen molar-refractivity contribution in [2.45, 2.75) is 4.90 Å². The molecule has 0 aliphatic carbocycles. The highest BCUT2D eigenvalue weighted by Crippen LogP contribution is 2.33. The fourth-order valence-corrected chi connectivity index (χ4v) is 3.03. The van der Waals surface area contributed by atoms with E-state index in [0.29, 0.717) is 0 Å². The average molecular weight is 357 g/mol. The van der Waals surface area contributed by atoms with E-state index < -0.39 is 15.8 Å². The van der Waals surface area contributed by atoms with Crippen molar-refractivity contribution in [3.05, 3.63) is 45.7 Å². The van der Waals surface area contributed by atoms with Crippen molar-refractivity contribution in [3.8, 4) is 0 Å². The van der Waals surface area contributed by atoms with Crippen LogP contribution >= 0.6 is 34.8 Å².